The molecule has 18 heavy (non-hydrogen) atoms. The normalized spacial score (nSPS) is 22.2. The van der Waals surface area contributed by atoms with Gasteiger partial charge in [0.1, 0.15) is 5.82 Å². The summed E-state index contributed by atoms with van der Waals surface area (Å²) in [7, 11) is 0. The Morgan fingerprint density at radius 2 is 2.00 bits per heavy atom. The van der Waals surface area contributed by atoms with Crippen molar-refractivity contribution in [3.05, 3.63) is 35.1 Å². The molecule has 1 aliphatic heterocycles. The van der Waals surface area contributed by atoms with Gasteiger partial charge in [-0.2, -0.15) is 13.2 Å². The van der Waals surface area contributed by atoms with E-state index in [1.54, 1.807) is 0 Å². The molecule has 1 fully saturated rings. The first-order valence-electron chi connectivity index (χ1n) is 5.74. The van der Waals surface area contributed by atoms with Crippen molar-refractivity contribution in [2.75, 3.05) is 13.1 Å². The quantitative estimate of drug-likeness (QED) is 0.623. The van der Waals surface area contributed by atoms with Crippen molar-refractivity contribution in [3.8, 4) is 0 Å². The Labute approximate surface area is 102 Å². The van der Waals surface area contributed by atoms with Gasteiger partial charge >= 0.3 is 6.18 Å². The van der Waals surface area contributed by atoms with E-state index in [0.29, 0.717) is 25.6 Å². The summed E-state index contributed by atoms with van der Waals surface area (Å²) in [6, 6.07) is 2.85. The Hall–Kier alpha value is -1.14. The van der Waals surface area contributed by atoms with Gasteiger partial charge in [-0.25, -0.2) is 9.40 Å². The molecule has 2 rings (SSSR count). The number of hydrogen-bond acceptors (Lipinski definition) is 2. The molecule has 2 nitrogen and oxygen atoms in total. The van der Waals surface area contributed by atoms with Gasteiger partial charge in [0, 0.05) is 13.1 Å². The molecule has 6 heteroatoms. The van der Waals surface area contributed by atoms with E-state index in [4.69, 9.17) is 5.84 Å². The van der Waals surface area contributed by atoms with E-state index in [1.807, 2.05) is 0 Å². The van der Waals surface area contributed by atoms with Crippen LogP contribution in [-0.4, -0.2) is 18.1 Å². The van der Waals surface area contributed by atoms with E-state index >= 15 is 0 Å². The number of alkyl halides is 3. The van der Waals surface area contributed by atoms with Gasteiger partial charge in [-0.05, 0) is 36.5 Å². The molecular weight excluding hydrogens is 248 g/mol. The highest BCUT2D eigenvalue weighted by atomic mass is 19.4. The third kappa shape index (κ3) is 2.81. The summed E-state index contributed by atoms with van der Waals surface area (Å²) in [6.07, 6.45) is -3.15. The fraction of sp³-hybridized carbons (Fsp3) is 0.500. The molecule has 1 aromatic rings. The molecule has 1 saturated heterocycles. The molecule has 0 aliphatic carbocycles. The summed E-state index contributed by atoms with van der Waals surface area (Å²) in [5, 5.41) is 1.51. The van der Waals surface area contributed by atoms with Crippen molar-refractivity contribution in [1.82, 2.24) is 5.01 Å². The van der Waals surface area contributed by atoms with E-state index < -0.39 is 17.6 Å². The highest BCUT2D eigenvalue weighted by Gasteiger charge is 2.36. The Morgan fingerprint density at radius 3 is 2.61 bits per heavy atom. The number of hydrazine groups is 1. The van der Waals surface area contributed by atoms with E-state index in [9.17, 15) is 17.6 Å². The summed E-state index contributed by atoms with van der Waals surface area (Å²) in [6.45, 7) is 1.05. The Bertz CT molecular complexity index is 431. The van der Waals surface area contributed by atoms with Crippen molar-refractivity contribution < 1.29 is 17.6 Å². The average molecular weight is 262 g/mol. The van der Waals surface area contributed by atoms with E-state index in [2.05, 4.69) is 0 Å². The summed E-state index contributed by atoms with van der Waals surface area (Å²) >= 11 is 0. The molecule has 0 aromatic heterocycles. The van der Waals surface area contributed by atoms with Gasteiger partial charge in [0.15, 0.2) is 0 Å². The minimum atomic E-state index is -4.53. The van der Waals surface area contributed by atoms with Crippen LogP contribution in [0, 0.1) is 5.82 Å². The van der Waals surface area contributed by atoms with Gasteiger partial charge < -0.3 is 0 Å². The molecule has 0 bridgehead atoms. The maximum atomic E-state index is 13.0. The van der Waals surface area contributed by atoms with Crippen molar-refractivity contribution in [3.63, 3.8) is 0 Å². The zero-order valence-corrected chi connectivity index (χ0v) is 9.67. The van der Waals surface area contributed by atoms with Gasteiger partial charge in [-0.3, -0.25) is 5.84 Å². The van der Waals surface area contributed by atoms with Gasteiger partial charge in [0.05, 0.1) is 5.56 Å². The summed E-state index contributed by atoms with van der Waals surface area (Å²) in [5.74, 6) is 4.47. The highest BCUT2D eigenvalue weighted by Crippen LogP contribution is 2.38. The smallest absolute Gasteiger partial charge is 0.269 e. The predicted molar refractivity (Wildman–Crippen MR) is 59.1 cm³/mol. The van der Waals surface area contributed by atoms with Gasteiger partial charge in [0.2, 0.25) is 0 Å². The van der Waals surface area contributed by atoms with Crippen LogP contribution in [0.25, 0.3) is 0 Å². The number of benzene rings is 1. The lowest BCUT2D eigenvalue weighted by molar-refractivity contribution is -0.138. The van der Waals surface area contributed by atoms with Crippen LogP contribution in [0.15, 0.2) is 18.2 Å². The topological polar surface area (TPSA) is 29.3 Å². The van der Waals surface area contributed by atoms with E-state index in [1.165, 1.54) is 11.1 Å². The second kappa shape index (κ2) is 4.85. The van der Waals surface area contributed by atoms with Crippen LogP contribution in [0.3, 0.4) is 0 Å². The van der Waals surface area contributed by atoms with Gasteiger partial charge in [-0.1, -0.05) is 6.07 Å². The zero-order valence-electron chi connectivity index (χ0n) is 9.67. The minimum Gasteiger partial charge on any atom is -0.269 e. The Kier molecular flexibility index (Phi) is 3.59. The van der Waals surface area contributed by atoms with Crippen LogP contribution in [0.1, 0.15) is 29.9 Å². The maximum Gasteiger partial charge on any atom is 0.416 e. The third-order valence-corrected chi connectivity index (χ3v) is 3.21. The molecular formula is C12H14F4N2. The van der Waals surface area contributed by atoms with Crippen LogP contribution in [0.5, 0.6) is 0 Å². The van der Waals surface area contributed by atoms with Crippen LogP contribution in [0.4, 0.5) is 17.6 Å². The Morgan fingerprint density at radius 1 is 1.28 bits per heavy atom. The summed E-state index contributed by atoms with van der Waals surface area (Å²) in [4.78, 5) is 0. The molecule has 0 amide bonds. The first-order valence-corrected chi connectivity index (χ1v) is 5.74. The SMILES string of the molecule is NN1CCCC(c2ccc(F)cc2C(F)(F)F)C1. The lowest BCUT2D eigenvalue weighted by atomic mass is 9.88. The van der Waals surface area contributed by atoms with Crippen LogP contribution in [-0.2, 0) is 6.18 Å². The molecule has 0 spiro atoms. The number of nitrogens with two attached hydrogens (primary N) is 1. The molecule has 0 radical (unpaired) electrons. The van der Waals surface area contributed by atoms with E-state index in [0.717, 1.165) is 12.5 Å². The number of rotatable bonds is 1. The first-order chi connectivity index (χ1) is 8.38. The van der Waals surface area contributed by atoms with Crippen LogP contribution < -0.4 is 5.84 Å². The third-order valence-electron chi connectivity index (χ3n) is 3.21. The van der Waals surface area contributed by atoms with Crippen molar-refractivity contribution in [2.24, 2.45) is 5.84 Å². The minimum absolute atomic E-state index is 0.138. The second-order valence-electron chi connectivity index (χ2n) is 4.56. The fourth-order valence-electron chi connectivity index (χ4n) is 2.39. The fourth-order valence-corrected chi connectivity index (χ4v) is 2.39. The average Bonchev–Trinajstić information content (AvgIpc) is 2.27. The molecule has 1 aliphatic rings. The molecule has 1 heterocycles. The Balaban J connectivity index is 2.37. The summed E-state index contributed by atoms with van der Waals surface area (Å²) in [5.41, 5.74) is -0.748. The predicted octanol–water partition coefficient (Wildman–Crippen LogP) is 2.90. The lowest BCUT2D eigenvalue weighted by Gasteiger charge is -2.31. The molecule has 100 valence electrons. The van der Waals surface area contributed by atoms with Crippen LogP contribution in [0.2, 0.25) is 0 Å². The van der Waals surface area contributed by atoms with Gasteiger partial charge in [0.25, 0.3) is 0 Å². The second-order valence-corrected chi connectivity index (χ2v) is 4.56. The molecule has 0 saturated carbocycles. The van der Waals surface area contributed by atoms with Gasteiger partial charge in [-0.15, -0.1) is 0 Å². The summed E-state index contributed by atoms with van der Waals surface area (Å²) < 4.78 is 51.6. The molecule has 1 unspecified atom stereocenters. The zero-order chi connectivity index (χ0) is 13.3. The van der Waals surface area contributed by atoms with E-state index in [-0.39, 0.29) is 11.5 Å². The number of nitrogens with zero attached hydrogens (tertiary/aromatic N) is 1. The number of halogens is 4. The number of piperidine rings is 1. The largest absolute Gasteiger partial charge is 0.416 e. The molecule has 1 aromatic carbocycles. The van der Waals surface area contributed by atoms with Crippen LogP contribution >= 0.6 is 0 Å². The monoisotopic (exact) mass is 262 g/mol. The standard InChI is InChI=1S/C12H14F4N2/c13-9-3-4-10(11(6-9)12(14,15)16)8-2-1-5-18(17)7-8/h3-4,6,8H,1-2,5,7,17H2. The first kappa shape index (κ1) is 13.3. The number of hydrogen-bond donors (Lipinski definition) is 1. The van der Waals surface area contributed by atoms with Crippen molar-refractivity contribution in [2.45, 2.75) is 24.9 Å². The lowest BCUT2D eigenvalue weighted by Crippen LogP contribution is -2.39. The van der Waals surface area contributed by atoms with Crippen molar-refractivity contribution in [1.29, 1.82) is 0 Å². The molecule has 1 atom stereocenters. The molecule has 2 N–H and O–H groups in total. The maximum absolute atomic E-state index is 13.0. The van der Waals surface area contributed by atoms with Crippen molar-refractivity contribution >= 4 is 0 Å². The highest BCUT2D eigenvalue weighted by molar-refractivity contribution is 5.34.